The van der Waals surface area contributed by atoms with Crippen LogP contribution in [0.5, 0.6) is 0 Å². The van der Waals surface area contributed by atoms with Crippen LogP contribution in [0.2, 0.25) is 0 Å². The molecule has 2 aromatic rings. The van der Waals surface area contributed by atoms with Gasteiger partial charge in [-0.1, -0.05) is 18.2 Å². The Morgan fingerprint density at radius 3 is 2.29 bits per heavy atom. The zero-order chi connectivity index (χ0) is 20.3. The fourth-order valence-corrected chi connectivity index (χ4v) is 4.85. The molecule has 0 atom stereocenters. The number of amides is 2. The molecule has 3 rings (SSSR count). The molecule has 1 aliphatic heterocycles. The summed E-state index contributed by atoms with van der Waals surface area (Å²) in [4.78, 5) is 24.1. The molecule has 3 N–H and O–H groups in total. The Morgan fingerprint density at radius 1 is 1.07 bits per heavy atom. The quantitative estimate of drug-likeness (QED) is 0.800. The molecular weight excluding hydrogens is 378 g/mol. The van der Waals surface area contributed by atoms with Gasteiger partial charge in [0.2, 0.25) is 21.8 Å². The summed E-state index contributed by atoms with van der Waals surface area (Å²) in [6, 6.07) is 13.2. The van der Waals surface area contributed by atoms with Crippen molar-refractivity contribution in [1.29, 1.82) is 0 Å². The molecule has 1 saturated heterocycles. The topological polar surface area (TPSA) is 110 Å². The van der Waals surface area contributed by atoms with Gasteiger partial charge in [0, 0.05) is 30.3 Å². The van der Waals surface area contributed by atoms with Crippen molar-refractivity contribution in [2.24, 2.45) is 11.7 Å². The van der Waals surface area contributed by atoms with E-state index < -0.39 is 15.9 Å². The van der Waals surface area contributed by atoms with Crippen LogP contribution in [0.25, 0.3) is 0 Å². The van der Waals surface area contributed by atoms with Crippen molar-refractivity contribution in [2.75, 3.05) is 18.4 Å². The minimum absolute atomic E-state index is 0.150. The summed E-state index contributed by atoms with van der Waals surface area (Å²) in [7, 11) is -3.53. The summed E-state index contributed by atoms with van der Waals surface area (Å²) in [5.74, 6) is -0.927. The molecular formula is C20H23N3O4S. The van der Waals surface area contributed by atoms with Gasteiger partial charge in [0.25, 0.3) is 0 Å². The Morgan fingerprint density at radius 2 is 1.71 bits per heavy atom. The number of aryl methyl sites for hydroxylation is 1. The Labute approximate surface area is 164 Å². The predicted molar refractivity (Wildman–Crippen MR) is 106 cm³/mol. The van der Waals surface area contributed by atoms with E-state index in [1.807, 2.05) is 0 Å². The van der Waals surface area contributed by atoms with Crippen molar-refractivity contribution in [3.05, 3.63) is 59.7 Å². The highest BCUT2D eigenvalue weighted by Gasteiger charge is 2.32. The molecule has 8 heteroatoms. The van der Waals surface area contributed by atoms with E-state index in [1.54, 1.807) is 55.5 Å². The van der Waals surface area contributed by atoms with Crippen molar-refractivity contribution in [3.8, 4) is 0 Å². The van der Waals surface area contributed by atoms with Gasteiger partial charge in [0.05, 0.1) is 4.90 Å². The number of nitrogens with one attached hydrogen (secondary N) is 1. The van der Waals surface area contributed by atoms with E-state index in [1.165, 1.54) is 4.31 Å². The third kappa shape index (κ3) is 4.23. The van der Waals surface area contributed by atoms with Gasteiger partial charge in [-0.2, -0.15) is 4.31 Å². The van der Waals surface area contributed by atoms with E-state index in [9.17, 15) is 18.0 Å². The fraction of sp³-hybridized carbons (Fsp3) is 0.300. The molecule has 0 aromatic heterocycles. The molecule has 28 heavy (non-hydrogen) atoms. The van der Waals surface area contributed by atoms with Gasteiger partial charge < -0.3 is 11.1 Å². The van der Waals surface area contributed by atoms with Crippen molar-refractivity contribution < 1.29 is 18.0 Å². The van der Waals surface area contributed by atoms with Crippen LogP contribution in [-0.2, 0) is 14.8 Å². The molecule has 0 aliphatic carbocycles. The average molecular weight is 401 g/mol. The molecule has 0 bridgehead atoms. The minimum atomic E-state index is -3.53. The number of benzene rings is 2. The van der Waals surface area contributed by atoms with Crippen LogP contribution in [0.1, 0.15) is 28.8 Å². The monoisotopic (exact) mass is 401 g/mol. The maximum Gasteiger partial charge on any atom is 0.248 e. The molecule has 0 spiro atoms. The molecule has 2 amide bonds. The summed E-state index contributed by atoms with van der Waals surface area (Å²) < 4.78 is 26.8. The second-order valence-corrected chi connectivity index (χ2v) is 8.81. The zero-order valence-corrected chi connectivity index (χ0v) is 16.4. The fourth-order valence-electron chi connectivity index (χ4n) is 3.36. The first-order valence-electron chi connectivity index (χ1n) is 9.05. The summed E-state index contributed by atoms with van der Waals surface area (Å²) in [6.45, 7) is 2.35. The first-order chi connectivity index (χ1) is 13.3. The van der Waals surface area contributed by atoms with Gasteiger partial charge >= 0.3 is 0 Å². The van der Waals surface area contributed by atoms with Crippen LogP contribution in [0.3, 0.4) is 0 Å². The molecule has 1 heterocycles. The van der Waals surface area contributed by atoms with E-state index >= 15 is 0 Å². The second-order valence-electron chi connectivity index (χ2n) is 6.87. The number of nitrogens with two attached hydrogens (primary N) is 1. The largest absolute Gasteiger partial charge is 0.366 e. The summed E-state index contributed by atoms with van der Waals surface area (Å²) >= 11 is 0. The lowest BCUT2D eigenvalue weighted by molar-refractivity contribution is -0.120. The zero-order valence-electron chi connectivity index (χ0n) is 15.6. The van der Waals surface area contributed by atoms with Crippen LogP contribution in [0.4, 0.5) is 5.69 Å². The standard InChI is InChI=1S/C20H23N3O4S/c1-14-13-16(7-8-18(14)19(21)24)22-20(25)15-9-11-23(12-10-15)28(26,27)17-5-3-2-4-6-17/h2-8,13,15H,9-12H2,1H3,(H2,21,24)(H,22,25). The number of carbonyl (C=O) groups is 2. The summed E-state index contributed by atoms with van der Waals surface area (Å²) in [5.41, 5.74) is 6.99. The highest BCUT2D eigenvalue weighted by Crippen LogP contribution is 2.25. The van der Waals surface area contributed by atoms with E-state index in [0.717, 1.165) is 0 Å². The average Bonchev–Trinajstić information content (AvgIpc) is 2.68. The summed E-state index contributed by atoms with van der Waals surface area (Å²) in [6.07, 6.45) is 0.909. The highest BCUT2D eigenvalue weighted by atomic mass is 32.2. The summed E-state index contributed by atoms with van der Waals surface area (Å²) in [5, 5.41) is 2.84. The SMILES string of the molecule is Cc1cc(NC(=O)C2CCN(S(=O)(=O)c3ccccc3)CC2)ccc1C(N)=O. The van der Waals surface area contributed by atoms with Crippen LogP contribution in [0.15, 0.2) is 53.4 Å². The molecule has 2 aromatic carbocycles. The first-order valence-corrected chi connectivity index (χ1v) is 10.5. The van der Waals surface area contributed by atoms with E-state index in [0.29, 0.717) is 42.7 Å². The lowest BCUT2D eigenvalue weighted by Gasteiger charge is -2.30. The Hall–Kier alpha value is -2.71. The Bertz CT molecular complexity index is 982. The van der Waals surface area contributed by atoms with E-state index in [-0.39, 0.29) is 16.7 Å². The number of sulfonamides is 1. The van der Waals surface area contributed by atoms with Gasteiger partial charge in [-0.05, 0) is 55.7 Å². The van der Waals surface area contributed by atoms with Crippen LogP contribution >= 0.6 is 0 Å². The smallest absolute Gasteiger partial charge is 0.248 e. The number of piperidine rings is 1. The normalized spacial score (nSPS) is 15.9. The predicted octanol–water partition coefficient (Wildman–Crippen LogP) is 2.13. The third-order valence-corrected chi connectivity index (χ3v) is 6.88. The van der Waals surface area contributed by atoms with Gasteiger partial charge in [0.15, 0.2) is 0 Å². The molecule has 148 valence electrons. The van der Waals surface area contributed by atoms with Gasteiger partial charge in [-0.3, -0.25) is 9.59 Å². The third-order valence-electron chi connectivity index (χ3n) is 4.97. The maximum atomic E-state index is 12.7. The van der Waals surface area contributed by atoms with Crippen LogP contribution in [0, 0.1) is 12.8 Å². The van der Waals surface area contributed by atoms with Gasteiger partial charge in [-0.15, -0.1) is 0 Å². The number of hydrogen-bond donors (Lipinski definition) is 2. The molecule has 0 saturated carbocycles. The molecule has 1 fully saturated rings. The molecule has 7 nitrogen and oxygen atoms in total. The van der Waals surface area contributed by atoms with E-state index in [4.69, 9.17) is 5.73 Å². The van der Waals surface area contributed by atoms with Crippen molar-refractivity contribution >= 4 is 27.5 Å². The molecule has 0 radical (unpaired) electrons. The van der Waals surface area contributed by atoms with Gasteiger partial charge in [-0.25, -0.2) is 8.42 Å². The minimum Gasteiger partial charge on any atom is -0.366 e. The van der Waals surface area contributed by atoms with Gasteiger partial charge in [0.1, 0.15) is 0 Å². The van der Waals surface area contributed by atoms with E-state index in [2.05, 4.69) is 5.32 Å². The van der Waals surface area contributed by atoms with Crippen molar-refractivity contribution in [3.63, 3.8) is 0 Å². The Kier molecular flexibility index (Phi) is 5.81. The van der Waals surface area contributed by atoms with Crippen molar-refractivity contribution in [2.45, 2.75) is 24.7 Å². The maximum absolute atomic E-state index is 12.7. The van der Waals surface area contributed by atoms with Crippen LogP contribution < -0.4 is 11.1 Å². The number of hydrogen-bond acceptors (Lipinski definition) is 4. The lowest BCUT2D eigenvalue weighted by atomic mass is 9.97. The first kappa shape index (κ1) is 20.0. The Balaban J connectivity index is 1.61. The lowest BCUT2D eigenvalue weighted by Crippen LogP contribution is -2.41. The molecule has 1 aliphatic rings. The molecule has 0 unspecified atom stereocenters. The number of anilines is 1. The van der Waals surface area contributed by atoms with Crippen molar-refractivity contribution in [1.82, 2.24) is 4.31 Å². The highest BCUT2D eigenvalue weighted by molar-refractivity contribution is 7.89. The second kappa shape index (κ2) is 8.12. The number of primary amides is 1. The number of carbonyl (C=O) groups excluding carboxylic acids is 2. The van der Waals surface area contributed by atoms with Crippen LogP contribution in [-0.4, -0.2) is 37.6 Å². The number of rotatable bonds is 5. The number of nitrogens with zero attached hydrogens (tertiary/aromatic N) is 1.